The molecule has 32 heavy (non-hydrogen) atoms. The predicted octanol–water partition coefficient (Wildman–Crippen LogP) is 3.88. The van der Waals surface area contributed by atoms with Crippen molar-refractivity contribution >= 4 is 21.5 Å². The van der Waals surface area contributed by atoms with Crippen LogP contribution in [0.4, 0.5) is 0 Å². The summed E-state index contributed by atoms with van der Waals surface area (Å²) < 4.78 is 11.0. The first-order chi connectivity index (χ1) is 15.2. The fraction of sp³-hybridized carbons (Fsp3) is 0.250. The molecule has 4 aromatic rings. The van der Waals surface area contributed by atoms with Crippen molar-refractivity contribution in [3.63, 3.8) is 0 Å². The molecule has 2 aromatic carbocycles. The van der Waals surface area contributed by atoms with Crippen LogP contribution >= 0.6 is 0 Å². The van der Waals surface area contributed by atoms with Gasteiger partial charge in [0.15, 0.2) is 0 Å². The minimum Gasteiger partial charge on any atom is -0.508 e. The molecule has 8 heteroatoms. The Kier molecular flexibility index (Phi) is 4.24. The highest BCUT2D eigenvalue weighted by Gasteiger charge is 2.49. The minimum atomic E-state index is -0.693. The highest BCUT2D eigenvalue weighted by molar-refractivity contribution is 5.89. The van der Waals surface area contributed by atoms with Crippen molar-refractivity contribution in [3.8, 4) is 23.0 Å². The highest BCUT2D eigenvalue weighted by Crippen LogP contribution is 2.57. The van der Waals surface area contributed by atoms with E-state index < -0.39 is 11.3 Å². The first-order valence-corrected chi connectivity index (χ1v) is 10.1. The molecule has 1 aliphatic rings. The van der Waals surface area contributed by atoms with E-state index in [0.29, 0.717) is 22.3 Å². The normalized spacial score (nSPS) is 22.8. The maximum Gasteiger partial charge on any atom is 0.347 e. The molecule has 0 aliphatic heterocycles. The van der Waals surface area contributed by atoms with E-state index in [1.54, 1.807) is 12.1 Å². The molecule has 2 aromatic heterocycles. The Balaban J connectivity index is 1.56. The quantitative estimate of drug-likeness (QED) is 0.371. The Morgan fingerprint density at radius 1 is 0.625 bits per heavy atom. The van der Waals surface area contributed by atoms with Gasteiger partial charge in [-0.25, -0.2) is 9.59 Å². The van der Waals surface area contributed by atoms with Crippen LogP contribution in [0.15, 0.2) is 54.8 Å². The molecule has 0 saturated heterocycles. The van der Waals surface area contributed by atoms with Gasteiger partial charge in [0.25, 0.3) is 0 Å². The maximum atomic E-state index is 12.5. The molecule has 2 heterocycles. The average molecular weight is 436 g/mol. The largest absolute Gasteiger partial charge is 0.508 e. The number of benzene rings is 2. The standard InChI is InChI=1S/C24H20O8/c1-9-19(17-5-11-3-13(25)7-15(27)21(11)23(29)31-17)10(2)20(9)18-6-12-4-14(26)8-16(28)22(12)24(30)32-18/h3-10,19-20,25-28H,1-2H3. The molecule has 1 fully saturated rings. The number of phenols is 4. The molecular weight excluding hydrogens is 416 g/mol. The molecule has 4 N–H and O–H groups in total. The van der Waals surface area contributed by atoms with E-state index in [4.69, 9.17) is 8.83 Å². The fourth-order valence-corrected chi connectivity index (χ4v) is 5.24. The van der Waals surface area contributed by atoms with E-state index in [9.17, 15) is 30.0 Å². The summed E-state index contributed by atoms with van der Waals surface area (Å²) in [5.74, 6) is -0.655. The second-order valence-corrected chi connectivity index (χ2v) is 8.50. The van der Waals surface area contributed by atoms with E-state index >= 15 is 0 Å². The number of aromatic hydroxyl groups is 4. The van der Waals surface area contributed by atoms with Gasteiger partial charge < -0.3 is 29.3 Å². The second kappa shape index (κ2) is 6.78. The van der Waals surface area contributed by atoms with Gasteiger partial charge in [0.1, 0.15) is 45.3 Å². The highest BCUT2D eigenvalue weighted by atomic mass is 16.4. The molecule has 5 rings (SSSR count). The van der Waals surface area contributed by atoms with Crippen LogP contribution in [-0.4, -0.2) is 20.4 Å². The Morgan fingerprint density at radius 2 is 1.00 bits per heavy atom. The molecule has 0 atom stereocenters. The van der Waals surface area contributed by atoms with Crippen LogP contribution in [0.25, 0.3) is 21.5 Å². The lowest BCUT2D eigenvalue weighted by Gasteiger charge is -2.47. The third kappa shape index (κ3) is 2.83. The third-order valence-corrected chi connectivity index (χ3v) is 6.61. The summed E-state index contributed by atoms with van der Waals surface area (Å²) in [4.78, 5) is 25.0. The zero-order chi connectivity index (χ0) is 22.9. The van der Waals surface area contributed by atoms with Crippen LogP contribution in [0.2, 0.25) is 0 Å². The fourth-order valence-electron chi connectivity index (χ4n) is 5.24. The van der Waals surface area contributed by atoms with Crippen molar-refractivity contribution in [1.29, 1.82) is 0 Å². The van der Waals surface area contributed by atoms with Crippen molar-refractivity contribution in [2.45, 2.75) is 25.7 Å². The van der Waals surface area contributed by atoms with Crippen LogP contribution in [0.1, 0.15) is 37.2 Å². The van der Waals surface area contributed by atoms with Gasteiger partial charge in [-0.05, 0) is 46.9 Å². The summed E-state index contributed by atoms with van der Waals surface area (Å²) in [6.45, 7) is 3.90. The van der Waals surface area contributed by atoms with Crippen LogP contribution in [-0.2, 0) is 0 Å². The van der Waals surface area contributed by atoms with Gasteiger partial charge in [0, 0.05) is 24.0 Å². The monoisotopic (exact) mass is 436 g/mol. The van der Waals surface area contributed by atoms with Crippen LogP contribution in [0.3, 0.4) is 0 Å². The van der Waals surface area contributed by atoms with Crippen LogP contribution < -0.4 is 11.3 Å². The molecule has 0 unspecified atom stereocenters. The number of hydrogen-bond donors (Lipinski definition) is 4. The van der Waals surface area contributed by atoms with E-state index in [0.717, 1.165) is 12.1 Å². The third-order valence-electron chi connectivity index (χ3n) is 6.61. The first kappa shape index (κ1) is 20.0. The van der Waals surface area contributed by atoms with Crippen LogP contribution in [0.5, 0.6) is 23.0 Å². The lowest BCUT2D eigenvalue weighted by atomic mass is 9.56. The van der Waals surface area contributed by atoms with Crippen molar-refractivity contribution in [2.75, 3.05) is 0 Å². The summed E-state index contributed by atoms with van der Waals surface area (Å²) >= 11 is 0. The summed E-state index contributed by atoms with van der Waals surface area (Å²) in [6, 6.07) is 8.22. The van der Waals surface area contributed by atoms with Gasteiger partial charge in [-0.3, -0.25) is 0 Å². The molecule has 1 saturated carbocycles. The van der Waals surface area contributed by atoms with Gasteiger partial charge in [-0.1, -0.05) is 13.8 Å². The Labute approximate surface area is 180 Å². The number of phenolic OH excluding ortho intramolecular Hbond substituents is 4. The zero-order valence-electron chi connectivity index (χ0n) is 17.2. The molecule has 164 valence electrons. The Bertz CT molecular complexity index is 1390. The van der Waals surface area contributed by atoms with Gasteiger partial charge in [0.2, 0.25) is 0 Å². The second-order valence-electron chi connectivity index (χ2n) is 8.50. The number of hydrogen-bond acceptors (Lipinski definition) is 8. The van der Waals surface area contributed by atoms with Crippen LogP contribution in [0, 0.1) is 11.8 Å². The molecule has 0 radical (unpaired) electrons. The summed E-state index contributed by atoms with van der Waals surface area (Å²) in [5, 5.41) is 40.3. The van der Waals surface area contributed by atoms with Crippen molar-refractivity contribution in [3.05, 3.63) is 68.8 Å². The van der Waals surface area contributed by atoms with Gasteiger partial charge in [-0.15, -0.1) is 0 Å². The maximum absolute atomic E-state index is 12.5. The van der Waals surface area contributed by atoms with Gasteiger partial charge in [0.05, 0.1) is 0 Å². The summed E-state index contributed by atoms with van der Waals surface area (Å²) in [7, 11) is 0. The minimum absolute atomic E-state index is 0.00266. The lowest BCUT2D eigenvalue weighted by Crippen LogP contribution is -2.40. The van der Waals surface area contributed by atoms with Crippen molar-refractivity contribution < 1.29 is 29.3 Å². The average Bonchev–Trinajstić information content (AvgIpc) is 2.66. The number of rotatable bonds is 2. The van der Waals surface area contributed by atoms with E-state index in [2.05, 4.69) is 0 Å². The first-order valence-electron chi connectivity index (χ1n) is 10.1. The number of fused-ring (bicyclic) bond motifs is 2. The molecular formula is C24H20O8. The lowest BCUT2D eigenvalue weighted by molar-refractivity contribution is 0.0854. The van der Waals surface area contributed by atoms with E-state index in [-0.39, 0.29) is 57.4 Å². The molecule has 1 aliphatic carbocycles. The van der Waals surface area contributed by atoms with Gasteiger partial charge >= 0.3 is 11.3 Å². The van der Waals surface area contributed by atoms with Crippen molar-refractivity contribution in [2.24, 2.45) is 11.8 Å². The molecule has 8 nitrogen and oxygen atoms in total. The Morgan fingerprint density at radius 3 is 1.38 bits per heavy atom. The van der Waals surface area contributed by atoms with Crippen molar-refractivity contribution in [1.82, 2.24) is 0 Å². The van der Waals surface area contributed by atoms with Gasteiger partial charge in [-0.2, -0.15) is 0 Å². The predicted molar refractivity (Wildman–Crippen MR) is 115 cm³/mol. The molecule has 0 spiro atoms. The molecule has 0 amide bonds. The SMILES string of the molecule is CC1C(c2cc3cc(O)cc(O)c3c(=O)o2)C(C)C1c1cc2cc(O)cc(O)c2c(=O)o1. The topological polar surface area (TPSA) is 141 Å². The summed E-state index contributed by atoms with van der Waals surface area (Å²) in [6.07, 6.45) is 0. The van der Waals surface area contributed by atoms with E-state index in [1.807, 2.05) is 13.8 Å². The zero-order valence-corrected chi connectivity index (χ0v) is 17.2. The smallest absolute Gasteiger partial charge is 0.347 e. The molecule has 0 bridgehead atoms. The Hall–Kier alpha value is -3.94. The van der Waals surface area contributed by atoms with E-state index in [1.165, 1.54) is 12.1 Å². The summed E-state index contributed by atoms with van der Waals surface area (Å²) in [5.41, 5.74) is -1.39.